The molecule has 2 aromatic carbocycles. The number of carbonyl (C=O) groups is 2. The van der Waals surface area contributed by atoms with Crippen molar-refractivity contribution in [2.75, 3.05) is 39.5 Å². The van der Waals surface area contributed by atoms with Crippen LogP contribution < -0.4 is 14.8 Å². The highest BCUT2D eigenvalue weighted by molar-refractivity contribution is 6.03. The fourth-order valence-electron chi connectivity index (χ4n) is 9.41. The number of nitriles is 1. The Hall–Kier alpha value is -4.74. The van der Waals surface area contributed by atoms with Crippen LogP contribution in [0.5, 0.6) is 11.5 Å². The molecule has 1 unspecified atom stereocenters. The van der Waals surface area contributed by atoms with Crippen LogP contribution in [0.25, 0.3) is 0 Å². The molecule has 6 rings (SSSR count). The minimum Gasteiger partial charge on any atom is -0.459 e. The van der Waals surface area contributed by atoms with Gasteiger partial charge >= 0.3 is 6.09 Å². The number of benzene rings is 2. The van der Waals surface area contributed by atoms with E-state index in [-0.39, 0.29) is 49.9 Å². The number of allylic oxidation sites excluding steroid dienone is 1. The van der Waals surface area contributed by atoms with Crippen molar-refractivity contribution in [1.29, 1.82) is 5.26 Å². The fraction of sp³-hybridized carbons (Fsp3) is 0.565. The zero-order valence-corrected chi connectivity index (χ0v) is 34.5. The second kappa shape index (κ2) is 21.0. The molecule has 13 nitrogen and oxygen atoms in total. The number of rotatable bonds is 19. The van der Waals surface area contributed by atoms with E-state index < -0.39 is 30.1 Å². The Morgan fingerprint density at radius 2 is 1.86 bits per heavy atom. The SMILES string of the molecule is C=CCO[C@@]12Oc3ccc(OC(=O)NCC)cc3[C@H]3[C@H](CCCCO)[C@@H](CCCCO)C=C(C(=NOC4CCCCO4)C[C@@H]1N(CCC)C(=O)c1ccc(C#N)cc1)[C@H]32. The number of oxime groups is 1. The average molecular weight is 813 g/mol. The van der Waals surface area contributed by atoms with Gasteiger partial charge in [0.25, 0.3) is 5.91 Å². The van der Waals surface area contributed by atoms with Crippen LogP contribution in [0, 0.1) is 29.1 Å². The molecule has 0 aromatic heterocycles. The predicted molar refractivity (Wildman–Crippen MR) is 222 cm³/mol. The number of hydrogen-bond acceptors (Lipinski definition) is 11. The van der Waals surface area contributed by atoms with Gasteiger partial charge in [-0.05, 0) is 112 Å². The number of nitrogens with one attached hydrogen (secondary N) is 1. The maximum atomic E-state index is 14.9. The van der Waals surface area contributed by atoms with Crippen LogP contribution in [0.1, 0.15) is 112 Å². The molecule has 1 saturated heterocycles. The van der Waals surface area contributed by atoms with Crippen molar-refractivity contribution in [2.24, 2.45) is 22.9 Å². The van der Waals surface area contributed by atoms with Crippen molar-refractivity contribution < 1.29 is 43.6 Å². The standard InChI is InChI=1S/C46H60N4O9/c1-4-22-50(44(53)32-18-16-31(30-47)17-19-32)40-29-38(49-59-41-15-9-12-26-55-41)36-27-33(13-7-10-23-51)35(14-8-11-24-52)42-37-28-34(57-45(54)48-6-3)20-21-39(37)58-46(40,43(36)42)56-25-5-2/h5,16-21,27-28,33,35,40-43,51-52H,2,4,6-15,22-26,29H2,1,3H3,(H,48,54)/t33-,35+,40-,41?,42+,43+,46+/m0/s1. The van der Waals surface area contributed by atoms with Gasteiger partial charge in [-0.1, -0.05) is 37.1 Å². The Morgan fingerprint density at radius 3 is 2.54 bits per heavy atom. The van der Waals surface area contributed by atoms with E-state index in [1.165, 1.54) is 0 Å². The minimum absolute atomic E-state index is 0.000448. The summed E-state index contributed by atoms with van der Waals surface area (Å²) >= 11 is 0. The quantitative estimate of drug-likeness (QED) is 0.0739. The summed E-state index contributed by atoms with van der Waals surface area (Å²) in [6, 6.07) is 13.5. The molecule has 2 heterocycles. The molecule has 0 radical (unpaired) electrons. The number of aliphatic hydroxyl groups is 2. The zero-order chi connectivity index (χ0) is 41.8. The molecule has 2 aliphatic heterocycles. The van der Waals surface area contributed by atoms with Crippen molar-refractivity contribution in [3.63, 3.8) is 0 Å². The third-order valence-corrected chi connectivity index (χ3v) is 12.0. The minimum atomic E-state index is -1.44. The number of aliphatic hydroxyl groups excluding tert-OH is 2. The maximum Gasteiger partial charge on any atom is 0.412 e. The van der Waals surface area contributed by atoms with E-state index in [4.69, 9.17) is 28.9 Å². The van der Waals surface area contributed by atoms with Crippen LogP contribution in [0.4, 0.5) is 4.79 Å². The smallest absolute Gasteiger partial charge is 0.412 e. The van der Waals surface area contributed by atoms with E-state index in [2.05, 4.69) is 24.0 Å². The maximum absolute atomic E-state index is 14.9. The molecule has 13 heteroatoms. The van der Waals surface area contributed by atoms with Crippen molar-refractivity contribution >= 4 is 17.7 Å². The van der Waals surface area contributed by atoms with Crippen LogP contribution in [-0.2, 0) is 14.3 Å². The van der Waals surface area contributed by atoms with Crippen LogP contribution in [0.15, 0.2) is 71.9 Å². The lowest BCUT2D eigenvalue weighted by Crippen LogP contribution is -2.70. The third kappa shape index (κ3) is 9.84. The van der Waals surface area contributed by atoms with Crippen LogP contribution in [0.3, 0.4) is 0 Å². The zero-order valence-electron chi connectivity index (χ0n) is 34.5. The molecule has 0 bridgehead atoms. The molecule has 2 fully saturated rings. The van der Waals surface area contributed by atoms with Crippen LogP contribution >= 0.6 is 0 Å². The second-order valence-corrected chi connectivity index (χ2v) is 15.8. The Bertz CT molecular complexity index is 1850. The van der Waals surface area contributed by atoms with E-state index in [0.29, 0.717) is 73.7 Å². The summed E-state index contributed by atoms with van der Waals surface area (Å²) in [4.78, 5) is 35.7. The van der Waals surface area contributed by atoms with Gasteiger partial charge in [0.2, 0.25) is 12.1 Å². The number of carbonyl (C=O) groups excluding carboxylic acids is 2. The molecule has 4 aliphatic rings. The molecule has 2 aliphatic carbocycles. The number of unbranched alkanes of at least 4 members (excludes halogenated alkanes) is 2. The van der Waals surface area contributed by atoms with Gasteiger partial charge in [-0.3, -0.25) is 4.79 Å². The average Bonchev–Trinajstić information content (AvgIpc) is 3.25. The number of amides is 2. The lowest BCUT2D eigenvalue weighted by Gasteiger charge is -2.60. The van der Waals surface area contributed by atoms with Gasteiger partial charge in [-0.25, -0.2) is 4.79 Å². The molecule has 7 atom stereocenters. The van der Waals surface area contributed by atoms with Crippen LogP contribution in [0.2, 0.25) is 0 Å². The van der Waals surface area contributed by atoms with Crippen LogP contribution in [-0.4, -0.2) is 90.5 Å². The van der Waals surface area contributed by atoms with Crippen molar-refractivity contribution in [2.45, 2.75) is 109 Å². The second-order valence-electron chi connectivity index (χ2n) is 15.8. The lowest BCUT2D eigenvalue weighted by atomic mass is 9.55. The van der Waals surface area contributed by atoms with Gasteiger partial charge in [0, 0.05) is 56.2 Å². The predicted octanol–water partition coefficient (Wildman–Crippen LogP) is 7.38. The summed E-state index contributed by atoms with van der Waals surface area (Å²) < 4.78 is 26.1. The summed E-state index contributed by atoms with van der Waals surface area (Å²) in [6.45, 7) is 9.50. The highest BCUT2D eigenvalue weighted by Gasteiger charge is 2.65. The number of ether oxygens (including phenoxy) is 4. The first-order valence-corrected chi connectivity index (χ1v) is 21.4. The summed E-state index contributed by atoms with van der Waals surface area (Å²) in [7, 11) is 0. The summed E-state index contributed by atoms with van der Waals surface area (Å²) in [5.74, 6) is -1.53. The number of fused-ring (bicyclic) bond motifs is 2. The molecule has 2 amide bonds. The normalized spacial score (nSPS) is 26.3. The van der Waals surface area contributed by atoms with Crippen molar-refractivity contribution in [3.05, 3.63) is 83.5 Å². The van der Waals surface area contributed by atoms with E-state index in [1.807, 2.05) is 30.9 Å². The first-order valence-electron chi connectivity index (χ1n) is 21.4. The Morgan fingerprint density at radius 1 is 1.08 bits per heavy atom. The molecule has 0 spiro atoms. The molecule has 59 heavy (non-hydrogen) atoms. The van der Waals surface area contributed by atoms with E-state index in [9.17, 15) is 25.1 Å². The van der Waals surface area contributed by atoms with Gasteiger partial charge in [-0.15, -0.1) is 6.58 Å². The highest BCUT2D eigenvalue weighted by Crippen LogP contribution is 2.62. The van der Waals surface area contributed by atoms with Gasteiger partial charge < -0.3 is 44.2 Å². The summed E-state index contributed by atoms with van der Waals surface area (Å²) in [5, 5.41) is 36.9. The highest BCUT2D eigenvalue weighted by atomic mass is 16.8. The van der Waals surface area contributed by atoms with Gasteiger partial charge in [0.05, 0.1) is 36.5 Å². The monoisotopic (exact) mass is 812 g/mol. The number of hydrogen-bond donors (Lipinski definition) is 3. The molecule has 2 aromatic rings. The third-order valence-electron chi connectivity index (χ3n) is 12.0. The van der Waals surface area contributed by atoms with Gasteiger partial charge in [0.1, 0.15) is 17.5 Å². The topological polar surface area (TPSA) is 172 Å². The fourth-order valence-corrected chi connectivity index (χ4v) is 9.41. The Kier molecular flexibility index (Phi) is 15.6. The Labute approximate surface area is 348 Å². The van der Waals surface area contributed by atoms with E-state index in [1.54, 1.807) is 36.4 Å². The van der Waals surface area contributed by atoms with E-state index in [0.717, 1.165) is 49.7 Å². The van der Waals surface area contributed by atoms with E-state index >= 15 is 0 Å². The molecular weight excluding hydrogens is 753 g/mol. The van der Waals surface area contributed by atoms with Crippen molar-refractivity contribution in [1.82, 2.24) is 10.2 Å². The number of nitrogens with zero attached hydrogens (tertiary/aromatic N) is 3. The van der Waals surface area contributed by atoms with Gasteiger partial charge in [-0.2, -0.15) is 5.26 Å². The molecule has 3 N–H and O–H groups in total. The van der Waals surface area contributed by atoms with Crippen molar-refractivity contribution in [3.8, 4) is 17.6 Å². The molecular formula is C46H60N4O9. The summed E-state index contributed by atoms with van der Waals surface area (Å²) in [5.41, 5.74) is 3.30. The van der Waals surface area contributed by atoms with Gasteiger partial charge in [0.15, 0.2) is 0 Å². The first-order chi connectivity index (χ1) is 28.8. The lowest BCUT2D eigenvalue weighted by molar-refractivity contribution is -0.254. The summed E-state index contributed by atoms with van der Waals surface area (Å²) in [6.07, 6.45) is 10.8. The first kappa shape index (κ1) is 43.8. The molecule has 1 saturated carbocycles. The largest absolute Gasteiger partial charge is 0.459 e. The molecule has 318 valence electrons. The Balaban J connectivity index is 1.59.